The summed E-state index contributed by atoms with van der Waals surface area (Å²) in [6.07, 6.45) is 4.26. The van der Waals surface area contributed by atoms with Gasteiger partial charge in [-0.3, -0.25) is 9.20 Å². The van der Waals surface area contributed by atoms with Crippen molar-refractivity contribution < 1.29 is 13.2 Å². The van der Waals surface area contributed by atoms with E-state index in [0.717, 1.165) is 10.7 Å². The molecule has 7 nitrogen and oxygen atoms in total. The molecule has 0 aliphatic carbocycles. The molecular formula is C12H16N4O3S2. The molecule has 0 radical (unpaired) electrons. The number of carbonyl (C=O) groups excluding carboxylic acids is 1. The van der Waals surface area contributed by atoms with Crippen molar-refractivity contribution in [3.63, 3.8) is 0 Å². The Morgan fingerprint density at radius 1 is 1.48 bits per heavy atom. The fourth-order valence-electron chi connectivity index (χ4n) is 2.34. The lowest BCUT2D eigenvalue weighted by Crippen LogP contribution is -2.35. The maximum atomic E-state index is 12.0. The van der Waals surface area contributed by atoms with Crippen molar-refractivity contribution in [3.05, 3.63) is 23.0 Å². The zero-order chi connectivity index (χ0) is 15.0. The monoisotopic (exact) mass is 328 g/mol. The summed E-state index contributed by atoms with van der Waals surface area (Å²) in [5.41, 5.74) is 0.910. The molecule has 3 heterocycles. The van der Waals surface area contributed by atoms with Gasteiger partial charge in [-0.1, -0.05) is 11.3 Å². The zero-order valence-corrected chi connectivity index (χ0v) is 13.2. The number of hydrogen-bond donors (Lipinski definition) is 1. The highest BCUT2D eigenvalue weighted by Crippen LogP contribution is 2.17. The second kappa shape index (κ2) is 5.39. The average Bonchev–Trinajstić information content (AvgIpc) is 3.02. The highest BCUT2D eigenvalue weighted by molar-refractivity contribution is 7.89. The lowest BCUT2D eigenvalue weighted by molar-refractivity contribution is 0.0955. The van der Waals surface area contributed by atoms with Gasteiger partial charge in [0.05, 0.1) is 11.4 Å². The van der Waals surface area contributed by atoms with Crippen LogP contribution in [-0.2, 0) is 10.0 Å². The summed E-state index contributed by atoms with van der Waals surface area (Å²) in [7, 11) is -3.10. The topological polar surface area (TPSA) is 83.8 Å². The quantitative estimate of drug-likeness (QED) is 0.884. The molecule has 0 saturated carbocycles. The molecule has 0 unspecified atom stereocenters. The van der Waals surface area contributed by atoms with Crippen LogP contribution in [0.4, 0.5) is 0 Å². The molecule has 1 aliphatic heterocycles. The predicted molar refractivity (Wildman–Crippen MR) is 80.1 cm³/mol. The number of amides is 1. The third-order valence-electron chi connectivity index (χ3n) is 3.35. The Hall–Kier alpha value is -1.45. The number of sulfonamides is 1. The molecule has 0 aromatic carbocycles. The fourth-order valence-corrected chi connectivity index (χ4v) is 4.80. The van der Waals surface area contributed by atoms with E-state index >= 15 is 0 Å². The second-order valence-electron chi connectivity index (χ2n) is 4.99. The van der Waals surface area contributed by atoms with E-state index in [1.54, 1.807) is 6.20 Å². The van der Waals surface area contributed by atoms with Gasteiger partial charge in [0.2, 0.25) is 10.0 Å². The van der Waals surface area contributed by atoms with Crippen LogP contribution in [0.1, 0.15) is 21.8 Å². The van der Waals surface area contributed by atoms with Crippen molar-refractivity contribution in [2.75, 3.05) is 25.4 Å². The van der Waals surface area contributed by atoms with E-state index in [9.17, 15) is 13.2 Å². The van der Waals surface area contributed by atoms with E-state index in [1.165, 1.54) is 15.6 Å². The van der Waals surface area contributed by atoms with Crippen molar-refractivity contribution in [2.24, 2.45) is 0 Å². The van der Waals surface area contributed by atoms with Crippen LogP contribution < -0.4 is 5.32 Å². The van der Waals surface area contributed by atoms with Gasteiger partial charge < -0.3 is 5.32 Å². The Bertz CT molecular complexity index is 746. The van der Waals surface area contributed by atoms with Crippen LogP contribution >= 0.6 is 11.3 Å². The largest absolute Gasteiger partial charge is 0.350 e. The Morgan fingerprint density at radius 3 is 2.95 bits per heavy atom. The smallest absolute Gasteiger partial charge is 0.263 e. The maximum absolute atomic E-state index is 12.0. The van der Waals surface area contributed by atoms with Gasteiger partial charge in [0, 0.05) is 32.0 Å². The molecule has 2 aromatic heterocycles. The summed E-state index contributed by atoms with van der Waals surface area (Å²) in [4.78, 5) is 17.7. The number of imidazole rings is 1. The molecular weight excluding hydrogens is 312 g/mol. The zero-order valence-electron chi connectivity index (χ0n) is 11.6. The molecule has 21 heavy (non-hydrogen) atoms. The number of nitrogens with one attached hydrogen (secondary N) is 1. The second-order valence-corrected chi connectivity index (χ2v) is 8.09. The van der Waals surface area contributed by atoms with Crippen LogP contribution in [-0.4, -0.2) is 53.4 Å². The lowest BCUT2D eigenvalue weighted by Gasteiger charge is -2.13. The van der Waals surface area contributed by atoms with Crippen molar-refractivity contribution in [1.82, 2.24) is 19.0 Å². The summed E-state index contributed by atoms with van der Waals surface area (Å²) < 4.78 is 26.5. The van der Waals surface area contributed by atoms with E-state index in [-0.39, 0.29) is 11.7 Å². The number of aryl methyl sites for hydroxylation is 1. The van der Waals surface area contributed by atoms with Crippen molar-refractivity contribution >= 4 is 32.2 Å². The first kappa shape index (κ1) is 14.5. The normalized spacial score (nSPS) is 18.3. The third-order valence-corrected chi connectivity index (χ3v) is 6.30. The van der Waals surface area contributed by atoms with E-state index in [1.807, 2.05) is 17.5 Å². The molecule has 0 atom stereocenters. The van der Waals surface area contributed by atoms with Crippen molar-refractivity contribution in [2.45, 2.75) is 13.3 Å². The van der Waals surface area contributed by atoms with Gasteiger partial charge >= 0.3 is 0 Å². The number of aromatic nitrogens is 2. The minimum absolute atomic E-state index is 0.195. The van der Waals surface area contributed by atoms with E-state index in [4.69, 9.17) is 0 Å². The molecule has 1 aliphatic rings. The maximum Gasteiger partial charge on any atom is 0.263 e. The molecule has 0 bridgehead atoms. The number of thiazole rings is 1. The standard InChI is InChI=1S/C12H16N4O3S2/c1-9-7-15-8-10(20-12(15)14-9)11(17)13-3-5-16-4-2-6-21(16,18)19/h7-8H,2-6H2,1H3,(H,13,17). The highest BCUT2D eigenvalue weighted by atomic mass is 32.2. The van der Waals surface area contributed by atoms with Gasteiger partial charge in [-0.25, -0.2) is 17.7 Å². The third kappa shape index (κ3) is 2.94. The van der Waals surface area contributed by atoms with Gasteiger partial charge in [0.1, 0.15) is 4.88 Å². The summed E-state index contributed by atoms with van der Waals surface area (Å²) in [6.45, 7) is 3.09. The van der Waals surface area contributed by atoms with Crippen LogP contribution in [0.25, 0.3) is 4.96 Å². The Kier molecular flexibility index (Phi) is 3.72. The first-order valence-electron chi connectivity index (χ1n) is 6.67. The lowest BCUT2D eigenvalue weighted by atomic mass is 10.4. The van der Waals surface area contributed by atoms with Crippen LogP contribution in [0.5, 0.6) is 0 Å². The minimum atomic E-state index is -3.10. The number of carbonyl (C=O) groups is 1. The minimum Gasteiger partial charge on any atom is -0.350 e. The van der Waals surface area contributed by atoms with Crippen molar-refractivity contribution in [3.8, 4) is 0 Å². The number of rotatable bonds is 4. The molecule has 2 aromatic rings. The van der Waals surface area contributed by atoms with Crippen LogP contribution in [0.2, 0.25) is 0 Å². The van der Waals surface area contributed by atoms with Gasteiger partial charge in [-0.05, 0) is 13.3 Å². The highest BCUT2D eigenvalue weighted by Gasteiger charge is 2.27. The van der Waals surface area contributed by atoms with E-state index in [2.05, 4.69) is 10.3 Å². The molecule has 0 spiro atoms. The predicted octanol–water partition coefficient (Wildman–Crippen LogP) is 0.470. The summed E-state index contributed by atoms with van der Waals surface area (Å²) in [5, 5.41) is 2.75. The van der Waals surface area contributed by atoms with Crippen LogP contribution in [0, 0.1) is 6.92 Å². The molecule has 114 valence electrons. The van der Waals surface area contributed by atoms with Gasteiger partial charge in [-0.15, -0.1) is 0 Å². The summed E-state index contributed by atoms with van der Waals surface area (Å²) in [6, 6.07) is 0. The molecule has 1 saturated heterocycles. The number of nitrogens with zero attached hydrogens (tertiary/aromatic N) is 3. The molecule has 9 heteroatoms. The molecule has 1 N–H and O–H groups in total. The molecule has 1 amide bonds. The van der Waals surface area contributed by atoms with Crippen LogP contribution in [0.3, 0.4) is 0 Å². The average molecular weight is 328 g/mol. The summed E-state index contributed by atoms with van der Waals surface area (Å²) in [5.74, 6) is 0.0161. The van der Waals surface area contributed by atoms with Gasteiger partial charge in [-0.2, -0.15) is 0 Å². The number of hydrogen-bond acceptors (Lipinski definition) is 5. The Balaban J connectivity index is 1.57. The fraction of sp³-hybridized carbons (Fsp3) is 0.500. The van der Waals surface area contributed by atoms with Gasteiger partial charge in [0.25, 0.3) is 5.91 Å². The number of fused-ring (bicyclic) bond motifs is 1. The first-order chi connectivity index (χ1) is 9.95. The summed E-state index contributed by atoms with van der Waals surface area (Å²) >= 11 is 1.32. The van der Waals surface area contributed by atoms with E-state index in [0.29, 0.717) is 30.9 Å². The Labute approximate surface area is 126 Å². The Morgan fingerprint density at radius 2 is 2.29 bits per heavy atom. The van der Waals surface area contributed by atoms with Crippen molar-refractivity contribution in [1.29, 1.82) is 0 Å². The van der Waals surface area contributed by atoms with Crippen LogP contribution in [0.15, 0.2) is 12.4 Å². The molecule has 3 rings (SSSR count). The molecule has 1 fully saturated rings. The SMILES string of the molecule is Cc1cn2cc(C(=O)NCCN3CCCS3(=O)=O)sc2n1. The van der Waals surface area contributed by atoms with Gasteiger partial charge in [0.15, 0.2) is 4.96 Å². The van der Waals surface area contributed by atoms with E-state index < -0.39 is 10.0 Å². The first-order valence-corrected chi connectivity index (χ1v) is 9.09.